The Kier molecular flexibility index (Phi) is 9.53. The van der Waals surface area contributed by atoms with Crippen LogP contribution in [0.4, 0.5) is 14.5 Å². The van der Waals surface area contributed by atoms with Gasteiger partial charge in [0.2, 0.25) is 5.88 Å². The molecule has 1 aliphatic rings. The third kappa shape index (κ3) is 7.65. The van der Waals surface area contributed by atoms with Crippen LogP contribution >= 0.6 is 11.6 Å². The standard InChI is InChI=1S/C31H32ClF2N3O5S/c1-20-10-13-37(14-11-20)12-3-15-41-29-19-26-21(16-28(29)40-2)4-9-31(35-26)42-23-6-7-24(32)27(18-23)36-43(38,39)30-17-22(33)5-8-25(30)34/h4-9,16-20,36H,3,10-15H2,1-2H3. The minimum absolute atomic E-state index is 0.0305. The third-order valence-corrected chi connectivity index (χ3v) is 9.00. The Labute approximate surface area is 254 Å². The van der Waals surface area contributed by atoms with E-state index in [2.05, 4.69) is 21.5 Å². The lowest BCUT2D eigenvalue weighted by molar-refractivity contribution is 0.176. The Morgan fingerprint density at radius 3 is 2.58 bits per heavy atom. The molecule has 43 heavy (non-hydrogen) atoms. The van der Waals surface area contributed by atoms with Gasteiger partial charge in [-0.15, -0.1) is 0 Å². The van der Waals surface area contributed by atoms with Gasteiger partial charge >= 0.3 is 0 Å². The maximum absolute atomic E-state index is 14.1. The van der Waals surface area contributed by atoms with Crippen LogP contribution in [0.1, 0.15) is 26.2 Å². The van der Waals surface area contributed by atoms with Crippen molar-refractivity contribution in [2.45, 2.75) is 31.1 Å². The maximum Gasteiger partial charge on any atom is 0.264 e. The Balaban J connectivity index is 1.29. The van der Waals surface area contributed by atoms with Crippen molar-refractivity contribution in [1.82, 2.24) is 9.88 Å². The van der Waals surface area contributed by atoms with Crippen LogP contribution in [0.3, 0.4) is 0 Å². The number of nitrogens with zero attached hydrogens (tertiary/aromatic N) is 2. The number of halogens is 3. The fraction of sp³-hybridized carbons (Fsp3) is 0.323. The first-order valence-corrected chi connectivity index (χ1v) is 15.8. The van der Waals surface area contributed by atoms with Crippen LogP contribution in [0.15, 0.2) is 65.6 Å². The number of piperidine rings is 1. The number of aromatic nitrogens is 1. The number of likely N-dealkylation sites (tertiary alicyclic amines) is 1. The molecule has 5 rings (SSSR count). The topological polar surface area (TPSA) is 90.0 Å². The highest BCUT2D eigenvalue weighted by Gasteiger charge is 2.22. The summed E-state index contributed by atoms with van der Waals surface area (Å²) in [6, 6.07) is 13.5. The molecule has 1 aromatic heterocycles. The highest BCUT2D eigenvalue weighted by molar-refractivity contribution is 7.92. The second kappa shape index (κ2) is 13.3. The van der Waals surface area contributed by atoms with Crippen LogP contribution in [0, 0.1) is 17.6 Å². The van der Waals surface area contributed by atoms with Gasteiger partial charge in [-0.05, 0) is 80.7 Å². The predicted octanol–water partition coefficient (Wildman–Crippen LogP) is 7.27. The van der Waals surface area contributed by atoms with Gasteiger partial charge in [0.05, 0.1) is 29.9 Å². The Bertz CT molecular complexity index is 1720. The van der Waals surface area contributed by atoms with E-state index >= 15 is 0 Å². The van der Waals surface area contributed by atoms with Crippen LogP contribution in [0.5, 0.6) is 23.1 Å². The number of nitrogens with one attached hydrogen (secondary N) is 1. The average Bonchev–Trinajstić information content (AvgIpc) is 2.98. The van der Waals surface area contributed by atoms with E-state index < -0.39 is 26.6 Å². The summed E-state index contributed by atoms with van der Waals surface area (Å²) >= 11 is 6.20. The zero-order chi connectivity index (χ0) is 30.6. The Morgan fingerprint density at radius 1 is 1.02 bits per heavy atom. The second-order valence-electron chi connectivity index (χ2n) is 10.5. The summed E-state index contributed by atoms with van der Waals surface area (Å²) < 4.78 is 73.0. The van der Waals surface area contributed by atoms with Crippen molar-refractivity contribution in [3.8, 4) is 23.1 Å². The van der Waals surface area contributed by atoms with Gasteiger partial charge in [0, 0.05) is 30.1 Å². The van der Waals surface area contributed by atoms with E-state index in [4.69, 9.17) is 25.8 Å². The molecule has 1 N–H and O–H groups in total. The monoisotopic (exact) mass is 631 g/mol. The maximum atomic E-state index is 14.1. The van der Waals surface area contributed by atoms with Gasteiger partial charge < -0.3 is 19.1 Å². The first-order chi connectivity index (χ1) is 20.6. The van der Waals surface area contributed by atoms with Crippen molar-refractivity contribution in [3.63, 3.8) is 0 Å². The van der Waals surface area contributed by atoms with Crippen molar-refractivity contribution in [2.75, 3.05) is 38.1 Å². The number of sulfonamides is 1. The van der Waals surface area contributed by atoms with Gasteiger partial charge in [0.15, 0.2) is 11.5 Å². The van der Waals surface area contributed by atoms with Gasteiger partial charge in [0.1, 0.15) is 22.3 Å². The molecule has 0 atom stereocenters. The van der Waals surface area contributed by atoms with Crippen LogP contribution in [-0.4, -0.2) is 51.7 Å². The molecule has 3 aromatic carbocycles. The number of fused-ring (bicyclic) bond motifs is 1. The van der Waals surface area contributed by atoms with Gasteiger partial charge in [-0.3, -0.25) is 4.72 Å². The van der Waals surface area contributed by atoms with E-state index in [9.17, 15) is 17.2 Å². The average molecular weight is 632 g/mol. The fourth-order valence-electron chi connectivity index (χ4n) is 4.85. The molecule has 12 heteroatoms. The number of anilines is 1. The van der Waals surface area contributed by atoms with Crippen LogP contribution in [-0.2, 0) is 10.0 Å². The molecule has 0 spiro atoms. The third-order valence-electron chi connectivity index (χ3n) is 7.29. The largest absolute Gasteiger partial charge is 0.493 e. The SMILES string of the molecule is COc1cc2ccc(Oc3ccc(Cl)c(NS(=O)(=O)c4cc(F)ccc4F)c3)nc2cc1OCCCN1CCC(C)CC1. The highest BCUT2D eigenvalue weighted by atomic mass is 35.5. The number of hydrogen-bond acceptors (Lipinski definition) is 7. The smallest absolute Gasteiger partial charge is 0.264 e. The first kappa shape index (κ1) is 30.8. The lowest BCUT2D eigenvalue weighted by Gasteiger charge is -2.30. The molecule has 4 aromatic rings. The molecule has 8 nitrogen and oxygen atoms in total. The first-order valence-electron chi connectivity index (χ1n) is 13.9. The lowest BCUT2D eigenvalue weighted by Crippen LogP contribution is -2.34. The van der Waals surface area contributed by atoms with Crippen molar-refractivity contribution < 1.29 is 31.4 Å². The zero-order valence-corrected chi connectivity index (χ0v) is 25.4. The van der Waals surface area contributed by atoms with E-state index in [1.807, 2.05) is 12.1 Å². The number of benzene rings is 3. The van der Waals surface area contributed by atoms with Gasteiger partial charge in [-0.1, -0.05) is 18.5 Å². The quantitative estimate of drug-likeness (QED) is 0.174. The molecule has 2 heterocycles. The van der Waals surface area contributed by atoms with Crippen molar-refractivity contribution in [3.05, 3.63) is 77.3 Å². The van der Waals surface area contributed by atoms with Gasteiger partial charge in [0.25, 0.3) is 10.0 Å². The van der Waals surface area contributed by atoms with E-state index in [0.717, 1.165) is 49.5 Å². The van der Waals surface area contributed by atoms with Crippen molar-refractivity contribution in [1.29, 1.82) is 0 Å². The summed E-state index contributed by atoms with van der Waals surface area (Å²) in [6.07, 6.45) is 3.36. The van der Waals surface area contributed by atoms with E-state index in [0.29, 0.717) is 29.7 Å². The van der Waals surface area contributed by atoms with Gasteiger partial charge in [-0.2, -0.15) is 0 Å². The molecule has 0 unspecified atom stereocenters. The molecule has 1 saturated heterocycles. The Hall–Kier alpha value is -3.67. The molecule has 0 radical (unpaired) electrons. The minimum atomic E-state index is -4.49. The van der Waals surface area contributed by atoms with Crippen LogP contribution in [0.25, 0.3) is 10.9 Å². The normalized spacial score (nSPS) is 14.5. The molecular formula is C31H32ClF2N3O5S. The molecule has 0 aliphatic carbocycles. The second-order valence-corrected chi connectivity index (χ2v) is 12.6. The van der Waals surface area contributed by atoms with E-state index in [1.165, 1.54) is 31.0 Å². The molecule has 0 bridgehead atoms. The molecular weight excluding hydrogens is 600 g/mol. The molecule has 1 aliphatic heterocycles. The lowest BCUT2D eigenvalue weighted by atomic mass is 9.99. The van der Waals surface area contributed by atoms with E-state index in [1.54, 1.807) is 19.2 Å². The summed E-state index contributed by atoms with van der Waals surface area (Å²) in [5.41, 5.74) is 0.526. The molecule has 228 valence electrons. The van der Waals surface area contributed by atoms with Crippen LogP contribution in [0.2, 0.25) is 5.02 Å². The summed E-state index contributed by atoms with van der Waals surface area (Å²) in [6.45, 7) is 6.07. The van der Waals surface area contributed by atoms with Crippen LogP contribution < -0.4 is 18.9 Å². The molecule has 0 saturated carbocycles. The summed E-state index contributed by atoms with van der Waals surface area (Å²) in [5, 5.41) is 0.837. The number of methoxy groups -OCH3 is 1. The zero-order valence-electron chi connectivity index (χ0n) is 23.8. The fourth-order valence-corrected chi connectivity index (χ4v) is 6.23. The summed E-state index contributed by atoms with van der Waals surface area (Å²) in [5.74, 6) is 0.405. The molecule has 1 fully saturated rings. The Morgan fingerprint density at radius 2 is 1.81 bits per heavy atom. The number of pyridine rings is 1. The highest BCUT2D eigenvalue weighted by Crippen LogP contribution is 2.35. The predicted molar refractivity (Wildman–Crippen MR) is 162 cm³/mol. The number of ether oxygens (including phenoxy) is 3. The summed E-state index contributed by atoms with van der Waals surface area (Å²) in [7, 11) is -2.90. The van der Waals surface area contributed by atoms with Crippen molar-refractivity contribution in [2.24, 2.45) is 5.92 Å². The number of rotatable bonds is 11. The minimum Gasteiger partial charge on any atom is -0.493 e. The molecule has 0 amide bonds. The van der Waals surface area contributed by atoms with Crippen molar-refractivity contribution >= 4 is 38.2 Å². The van der Waals surface area contributed by atoms with Gasteiger partial charge in [-0.25, -0.2) is 22.2 Å². The summed E-state index contributed by atoms with van der Waals surface area (Å²) in [4.78, 5) is 6.21. The number of hydrogen-bond donors (Lipinski definition) is 1. The van der Waals surface area contributed by atoms with E-state index in [-0.39, 0.29) is 22.3 Å².